The Kier molecular flexibility index (Phi) is 5.78. The van der Waals surface area contributed by atoms with Crippen LogP contribution in [-0.2, 0) is 9.53 Å². The van der Waals surface area contributed by atoms with Crippen molar-refractivity contribution in [2.75, 3.05) is 41.8 Å². The summed E-state index contributed by atoms with van der Waals surface area (Å²) in [5.74, 6) is -0.0876. The van der Waals surface area contributed by atoms with Gasteiger partial charge >= 0.3 is 0 Å². The lowest BCUT2D eigenvalue weighted by Crippen LogP contribution is -2.36. The molecule has 6 nitrogen and oxygen atoms in total. The molecule has 1 aliphatic rings. The molecular formula is C19H26N4O2S. The molecule has 0 spiro atoms. The lowest BCUT2D eigenvalue weighted by atomic mass is 10.1. The first kappa shape index (κ1) is 18.7. The van der Waals surface area contributed by atoms with Crippen molar-refractivity contribution in [2.24, 2.45) is 0 Å². The number of hydrogen-bond donors (Lipinski definition) is 2. The summed E-state index contributed by atoms with van der Waals surface area (Å²) in [4.78, 5) is 20.2. The Balaban J connectivity index is 1.62. The fraction of sp³-hybridized carbons (Fsp3) is 0.474. The summed E-state index contributed by atoms with van der Waals surface area (Å²) in [6.45, 7) is 11.2. The van der Waals surface area contributed by atoms with Crippen molar-refractivity contribution in [3.05, 3.63) is 34.3 Å². The molecule has 0 aliphatic carbocycles. The zero-order valence-corrected chi connectivity index (χ0v) is 16.6. The summed E-state index contributed by atoms with van der Waals surface area (Å²) in [7, 11) is 0. The Bertz CT molecular complexity index is 764. The first-order valence-electron chi connectivity index (χ1n) is 8.89. The molecule has 2 N–H and O–H groups in total. The van der Waals surface area contributed by atoms with Crippen molar-refractivity contribution in [3.8, 4) is 0 Å². The molecule has 0 unspecified atom stereocenters. The molecule has 2 heterocycles. The SMILES string of the molecule is Cc1cc(N2CCOCC2)ccc1N[C@@H](C)C(=O)Nc1nc(C)c(C)s1. The number of ether oxygens (including phenoxy) is 1. The van der Waals surface area contributed by atoms with Gasteiger partial charge in [-0.2, -0.15) is 0 Å². The van der Waals surface area contributed by atoms with Gasteiger partial charge in [0.1, 0.15) is 6.04 Å². The van der Waals surface area contributed by atoms with Gasteiger partial charge in [-0.1, -0.05) is 0 Å². The van der Waals surface area contributed by atoms with Crippen LogP contribution in [0.15, 0.2) is 18.2 Å². The molecule has 0 saturated carbocycles. The predicted molar refractivity (Wildman–Crippen MR) is 108 cm³/mol. The molecule has 0 radical (unpaired) electrons. The maximum absolute atomic E-state index is 12.4. The quantitative estimate of drug-likeness (QED) is 0.840. The fourth-order valence-corrected chi connectivity index (χ4v) is 3.68. The van der Waals surface area contributed by atoms with Crippen molar-refractivity contribution in [3.63, 3.8) is 0 Å². The number of rotatable bonds is 5. The van der Waals surface area contributed by atoms with E-state index in [9.17, 15) is 4.79 Å². The van der Waals surface area contributed by atoms with Gasteiger partial charge in [-0.15, -0.1) is 11.3 Å². The van der Waals surface area contributed by atoms with E-state index < -0.39 is 0 Å². The summed E-state index contributed by atoms with van der Waals surface area (Å²) in [5.41, 5.74) is 4.24. The summed E-state index contributed by atoms with van der Waals surface area (Å²) >= 11 is 1.50. The Morgan fingerprint density at radius 1 is 1.27 bits per heavy atom. The van der Waals surface area contributed by atoms with E-state index in [1.807, 2.05) is 26.8 Å². The molecule has 0 bridgehead atoms. The van der Waals surface area contributed by atoms with Crippen LogP contribution in [0.1, 0.15) is 23.1 Å². The van der Waals surface area contributed by atoms with Crippen LogP contribution in [0.3, 0.4) is 0 Å². The predicted octanol–water partition coefficient (Wildman–Crippen LogP) is 3.34. The first-order valence-corrected chi connectivity index (χ1v) is 9.70. The lowest BCUT2D eigenvalue weighted by Gasteiger charge is -2.29. The Labute approximate surface area is 158 Å². The van der Waals surface area contributed by atoms with Crippen molar-refractivity contribution < 1.29 is 9.53 Å². The Morgan fingerprint density at radius 2 is 2.00 bits per heavy atom. The number of aromatic nitrogens is 1. The molecule has 1 saturated heterocycles. The van der Waals surface area contributed by atoms with Crippen LogP contribution >= 0.6 is 11.3 Å². The van der Waals surface area contributed by atoms with Crippen LogP contribution in [0.2, 0.25) is 0 Å². The van der Waals surface area contributed by atoms with Gasteiger partial charge in [-0.3, -0.25) is 4.79 Å². The number of benzene rings is 1. The molecule has 1 atom stereocenters. The molecule has 1 fully saturated rings. The van der Waals surface area contributed by atoms with Crippen molar-refractivity contribution in [1.82, 2.24) is 4.98 Å². The molecule has 7 heteroatoms. The number of carbonyl (C=O) groups is 1. The Hall–Kier alpha value is -2.12. The summed E-state index contributed by atoms with van der Waals surface area (Å²) < 4.78 is 5.41. The normalized spacial score (nSPS) is 15.6. The second kappa shape index (κ2) is 8.05. The molecule has 1 aromatic carbocycles. The van der Waals surface area contributed by atoms with Crippen LogP contribution in [0.4, 0.5) is 16.5 Å². The zero-order chi connectivity index (χ0) is 18.7. The van der Waals surface area contributed by atoms with Gasteiger partial charge in [0, 0.05) is 29.3 Å². The number of carbonyl (C=O) groups excluding carboxylic acids is 1. The van der Waals surface area contributed by atoms with E-state index in [-0.39, 0.29) is 11.9 Å². The van der Waals surface area contributed by atoms with E-state index in [1.165, 1.54) is 17.0 Å². The van der Waals surface area contributed by atoms with Gasteiger partial charge in [0.25, 0.3) is 0 Å². The van der Waals surface area contributed by atoms with Crippen LogP contribution in [0, 0.1) is 20.8 Å². The van der Waals surface area contributed by atoms with E-state index in [1.54, 1.807) is 0 Å². The summed E-state index contributed by atoms with van der Waals surface area (Å²) in [6.07, 6.45) is 0. The first-order chi connectivity index (χ1) is 12.4. The third kappa shape index (κ3) is 4.34. The van der Waals surface area contributed by atoms with Gasteiger partial charge in [0.05, 0.1) is 18.9 Å². The minimum absolute atomic E-state index is 0.0876. The van der Waals surface area contributed by atoms with E-state index in [0.717, 1.165) is 48.1 Å². The molecule has 3 rings (SSSR count). The maximum atomic E-state index is 12.4. The third-order valence-corrected chi connectivity index (χ3v) is 5.60. The highest BCUT2D eigenvalue weighted by molar-refractivity contribution is 7.15. The van der Waals surface area contributed by atoms with Crippen LogP contribution < -0.4 is 15.5 Å². The van der Waals surface area contributed by atoms with Crippen LogP contribution in [0.25, 0.3) is 0 Å². The number of anilines is 3. The van der Waals surface area contributed by atoms with E-state index in [2.05, 4.69) is 39.6 Å². The fourth-order valence-electron chi connectivity index (χ4n) is 2.87. The van der Waals surface area contributed by atoms with Gasteiger partial charge in [0.2, 0.25) is 5.91 Å². The summed E-state index contributed by atoms with van der Waals surface area (Å²) in [6, 6.07) is 5.94. The highest BCUT2D eigenvalue weighted by Gasteiger charge is 2.17. The molecule has 2 aromatic rings. The van der Waals surface area contributed by atoms with Crippen molar-refractivity contribution in [1.29, 1.82) is 0 Å². The van der Waals surface area contributed by atoms with E-state index in [4.69, 9.17) is 4.74 Å². The number of nitrogens with zero attached hydrogens (tertiary/aromatic N) is 2. The number of thiazole rings is 1. The average Bonchev–Trinajstić information content (AvgIpc) is 2.94. The molecular weight excluding hydrogens is 348 g/mol. The second-order valence-corrected chi connectivity index (χ2v) is 7.82. The van der Waals surface area contributed by atoms with Gasteiger partial charge in [0.15, 0.2) is 5.13 Å². The van der Waals surface area contributed by atoms with Crippen molar-refractivity contribution >= 4 is 33.8 Å². The van der Waals surface area contributed by atoms with E-state index >= 15 is 0 Å². The number of nitrogens with one attached hydrogen (secondary N) is 2. The van der Waals surface area contributed by atoms with E-state index in [0.29, 0.717) is 5.13 Å². The molecule has 140 valence electrons. The number of hydrogen-bond acceptors (Lipinski definition) is 6. The topological polar surface area (TPSA) is 66.5 Å². The second-order valence-electron chi connectivity index (χ2n) is 6.61. The zero-order valence-electron chi connectivity index (χ0n) is 15.8. The Morgan fingerprint density at radius 3 is 2.62 bits per heavy atom. The molecule has 1 amide bonds. The van der Waals surface area contributed by atoms with Gasteiger partial charge < -0.3 is 20.3 Å². The average molecular weight is 375 g/mol. The standard InChI is InChI=1S/C19H26N4O2S/c1-12-11-16(23-7-9-25-10-8-23)5-6-17(12)20-14(3)18(24)22-19-21-13(2)15(4)26-19/h5-6,11,14,20H,7-10H2,1-4H3,(H,21,22,24)/t14-/m0/s1. The molecule has 1 aliphatic heterocycles. The van der Waals surface area contributed by atoms with Crippen molar-refractivity contribution in [2.45, 2.75) is 33.7 Å². The summed E-state index contributed by atoms with van der Waals surface area (Å²) in [5, 5.41) is 6.84. The molecule has 26 heavy (non-hydrogen) atoms. The minimum Gasteiger partial charge on any atom is -0.378 e. The third-order valence-electron chi connectivity index (χ3n) is 4.61. The van der Waals surface area contributed by atoms with Gasteiger partial charge in [-0.05, 0) is 51.5 Å². The highest BCUT2D eigenvalue weighted by Crippen LogP contribution is 2.25. The number of morpholine rings is 1. The lowest BCUT2D eigenvalue weighted by molar-refractivity contribution is -0.116. The highest BCUT2D eigenvalue weighted by atomic mass is 32.1. The number of aryl methyl sites for hydroxylation is 3. The number of amides is 1. The molecule has 1 aromatic heterocycles. The maximum Gasteiger partial charge on any atom is 0.248 e. The van der Waals surface area contributed by atoms with Gasteiger partial charge in [-0.25, -0.2) is 4.98 Å². The minimum atomic E-state index is -0.354. The van der Waals surface area contributed by atoms with Crippen LogP contribution in [0.5, 0.6) is 0 Å². The van der Waals surface area contributed by atoms with Crippen LogP contribution in [-0.4, -0.2) is 43.2 Å². The largest absolute Gasteiger partial charge is 0.378 e. The monoisotopic (exact) mass is 374 g/mol. The smallest absolute Gasteiger partial charge is 0.248 e.